The summed E-state index contributed by atoms with van der Waals surface area (Å²) in [7, 11) is 0. The molecule has 0 atom stereocenters. The molecule has 0 aliphatic heterocycles. The molecule has 0 aliphatic rings. The summed E-state index contributed by atoms with van der Waals surface area (Å²) in [5.41, 5.74) is 12.7. The van der Waals surface area contributed by atoms with E-state index >= 15 is 0 Å². The van der Waals surface area contributed by atoms with Crippen LogP contribution in [0.4, 0.5) is 0 Å². The summed E-state index contributed by atoms with van der Waals surface area (Å²) in [6, 6.07) is 8.61. The molecule has 0 radical (unpaired) electrons. The summed E-state index contributed by atoms with van der Waals surface area (Å²) >= 11 is 1.92. The van der Waals surface area contributed by atoms with Crippen molar-refractivity contribution in [1.82, 2.24) is 0 Å². The molecule has 1 aromatic rings. The smallest absolute Gasteiger partial charge is 0.00845 e. The van der Waals surface area contributed by atoms with Crippen LogP contribution in [0.15, 0.2) is 29.2 Å². The Bertz CT molecular complexity index is 298. The predicted molar refractivity (Wildman–Crippen MR) is 72.9 cm³/mol. The Kier molecular flexibility index (Phi) is 6.53. The monoisotopic (exact) mass is 238 g/mol. The molecule has 0 saturated carbocycles. The highest BCUT2D eigenvalue weighted by molar-refractivity contribution is 7.99. The first-order valence-corrected chi connectivity index (χ1v) is 6.93. The second kappa shape index (κ2) is 7.71. The summed E-state index contributed by atoms with van der Waals surface area (Å²) in [5, 5.41) is 0. The van der Waals surface area contributed by atoms with E-state index in [1.807, 2.05) is 11.8 Å². The Morgan fingerprint density at radius 1 is 1.25 bits per heavy atom. The lowest BCUT2D eigenvalue weighted by atomic mass is 10.00. The van der Waals surface area contributed by atoms with Gasteiger partial charge in [-0.3, -0.25) is 0 Å². The van der Waals surface area contributed by atoms with Gasteiger partial charge in [0, 0.05) is 23.9 Å². The van der Waals surface area contributed by atoms with Gasteiger partial charge in [0.2, 0.25) is 0 Å². The maximum absolute atomic E-state index is 5.70. The largest absolute Gasteiger partial charge is 0.330 e. The molecule has 16 heavy (non-hydrogen) atoms. The average Bonchev–Trinajstić information content (AvgIpc) is 2.32. The van der Waals surface area contributed by atoms with Gasteiger partial charge in [0.05, 0.1) is 0 Å². The highest BCUT2D eigenvalue weighted by atomic mass is 32.2. The fourth-order valence-corrected chi connectivity index (χ4v) is 2.62. The Hall–Kier alpha value is -0.510. The van der Waals surface area contributed by atoms with E-state index in [-0.39, 0.29) is 0 Å². The van der Waals surface area contributed by atoms with Gasteiger partial charge in [0.25, 0.3) is 0 Å². The van der Waals surface area contributed by atoms with E-state index in [0.29, 0.717) is 19.0 Å². The number of benzene rings is 1. The summed E-state index contributed by atoms with van der Waals surface area (Å²) in [5.74, 6) is 1.49. The van der Waals surface area contributed by atoms with Crippen LogP contribution in [0.5, 0.6) is 0 Å². The van der Waals surface area contributed by atoms with Crippen LogP contribution in [0, 0.1) is 0 Å². The molecular weight excluding hydrogens is 216 g/mol. The topological polar surface area (TPSA) is 52.0 Å². The van der Waals surface area contributed by atoms with E-state index in [4.69, 9.17) is 11.5 Å². The first-order valence-electron chi connectivity index (χ1n) is 5.94. The molecule has 90 valence electrons. The fourth-order valence-electron chi connectivity index (χ4n) is 1.56. The van der Waals surface area contributed by atoms with Crippen molar-refractivity contribution in [2.75, 3.05) is 18.8 Å². The Labute approximate surface area is 103 Å². The van der Waals surface area contributed by atoms with Crippen LogP contribution in [0.25, 0.3) is 0 Å². The maximum Gasteiger partial charge on any atom is 0.00845 e. The van der Waals surface area contributed by atoms with Gasteiger partial charge in [-0.25, -0.2) is 0 Å². The van der Waals surface area contributed by atoms with Crippen molar-refractivity contribution in [2.45, 2.75) is 30.6 Å². The quantitative estimate of drug-likeness (QED) is 0.567. The van der Waals surface area contributed by atoms with Gasteiger partial charge in [-0.05, 0) is 29.9 Å². The van der Waals surface area contributed by atoms with Gasteiger partial charge in [0.1, 0.15) is 0 Å². The SMILES string of the molecule is CCCCSc1cccc(C(CN)CN)c1. The van der Waals surface area contributed by atoms with Crippen LogP contribution >= 0.6 is 11.8 Å². The van der Waals surface area contributed by atoms with Crippen LogP contribution < -0.4 is 11.5 Å². The summed E-state index contributed by atoms with van der Waals surface area (Å²) in [6.45, 7) is 3.47. The number of unbranched alkanes of at least 4 members (excludes halogenated alkanes) is 1. The van der Waals surface area contributed by atoms with E-state index < -0.39 is 0 Å². The molecule has 0 heterocycles. The second-order valence-corrected chi connectivity index (χ2v) is 5.11. The zero-order chi connectivity index (χ0) is 11.8. The fraction of sp³-hybridized carbons (Fsp3) is 0.538. The number of thioether (sulfide) groups is 1. The summed E-state index contributed by atoms with van der Waals surface area (Å²) in [4.78, 5) is 1.33. The third-order valence-corrected chi connectivity index (χ3v) is 3.75. The minimum absolute atomic E-state index is 0.298. The third kappa shape index (κ3) is 4.16. The van der Waals surface area contributed by atoms with Gasteiger partial charge in [0.15, 0.2) is 0 Å². The molecule has 0 bridgehead atoms. The van der Waals surface area contributed by atoms with E-state index in [1.165, 1.54) is 29.1 Å². The lowest BCUT2D eigenvalue weighted by Gasteiger charge is -2.13. The van der Waals surface area contributed by atoms with E-state index in [2.05, 4.69) is 31.2 Å². The molecule has 0 aromatic heterocycles. The third-order valence-electron chi connectivity index (χ3n) is 2.67. The van der Waals surface area contributed by atoms with Gasteiger partial charge in [-0.1, -0.05) is 25.5 Å². The van der Waals surface area contributed by atoms with Crippen LogP contribution in [-0.2, 0) is 0 Å². The molecule has 2 nitrogen and oxygen atoms in total. The number of rotatable bonds is 7. The lowest BCUT2D eigenvalue weighted by molar-refractivity contribution is 0.706. The highest BCUT2D eigenvalue weighted by Gasteiger charge is 2.07. The standard InChI is InChI=1S/C13H22N2S/c1-2-3-7-16-13-6-4-5-11(8-13)12(9-14)10-15/h4-6,8,12H,2-3,7,9-10,14-15H2,1H3. The molecule has 1 rings (SSSR count). The van der Waals surface area contributed by atoms with Crippen LogP contribution in [0.1, 0.15) is 31.2 Å². The Morgan fingerprint density at radius 3 is 2.62 bits per heavy atom. The van der Waals surface area contributed by atoms with Crippen molar-refractivity contribution in [3.63, 3.8) is 0 Å². The van der Waals surface area contributed by atoms with Crippen molar-refractivity contribution in [3.05, 3.63) is 29.8 Å². The Morgan fingerprint density at radius 2 is 2.00 bits per heavy atom. The van der Waals surface area contributed by atoms with Crippen LogP contribution in [0.2, 0.25) is 0 Å². The average molecular weight is 238 g/mol. The molecule has 0 spiro atoms. The zero-order valence-corrected chi connectivity index (χ0v) is 10.8. The van der Waals surface area contributed by atoms with Crippen molar-refractivity contribution in [1.29, 1.82) is 0 Å². The molecule has 3 heteroatoms. The summed E-state index contributed by atoms with van der Waals surface area (Å²) < 4.78 is 0. The van der Waals surface area contributed by atoms with Crippen molar-refractivity contribution < 1.29 is 0 Å². The zero-order valence-electron chi connectivity index (χ0n) is 9.99. The van der Waals surface area contributed by atoms with E-state index in [9.17, 15) is 0 Å². The van der Waals surface area contributed by atoms with Crippen LogP contribution in [0.3, 0.4) is 0 Å². The molecule has 0 unspecified atom stereocenters. The number of nitrogens with two attached hydrogens (primary N) is 2. The van der Waals surface area contributed by atoms with Gasteiger partial charge in [-0.15, -0.1) is 11.8 Å². The lowest BCUT2D eigenvalue weighted by Crippen LogP contribution is -2.21. The van der Waals surface area contributed by atoms with Gasteiger partial charge < -0.3 is 11.5 Å². The highest BCUT2D eigenvalue weighted by Crippen LogP contribution is 2.23. The normalized spacial score (nSPS) is 11.0. The number of hydrogen-bond donors (Lipinski definition) is 2. The van der Waals surface area contributed by atoms with Crippen molar-refractivity contribution in [3.8, 4) is 0 Å². The molecule has 1 aromatic carbocycles. The first-order chi connectivity index (χ1) is 7.81. The predicted octanol–water partition coefficient (Wildman–Crippen LogP) is 2.58. The Balaban J connectivity index is 2.62. The van der Waals surface area contributed by atoms with Gasteiger partial charge in [-0.2, -0.15) is 0 Å². The molecule has 0 aliphatic carbocycles. The minimum Gasteiger partial charge on any atom is -0.330 e. The molecular formula is C13H22N2S. The molecule has 0 amide bonds. The van der Waals surface area contributed by atoms with E-state index in [0.717, 1.165) is 0 Å². The van der Waals surface area contributed by atoms with E-state index in [1.54, 1.807) is 0 Å². The van der Waals surface area contributed by atoms with Gasteiger partial charge >= 0.3 is 0 Å². The molecule has 4 N–H and O–H groups in total. The second-order valence-electron chi connectivity index (χ2n) is 3.94. The maximum atomic E-state index is 5.70. The molecule has 0 fully saturated rings. The number of hydrogen-bond acceptors (Lipinski definition) is 3. The van der Waals surface area contributed by atoms with Crippen molar-refractivity contribution in [2.24, 2.45) is 11.5 Å². The van der Waals surface area contributed by atoms with Crippen molar-refractivity contribution >= 4 is 11.8 Å². The molecule has 0 saturated heterocycles. The first kappa shape index (κ1) is 13.6. The minimum atomic E-state index is 0.298. The summed E-state index contributed by atoms with van der Waals surface area (Å²) in [6.07, 6.45) is 2.52. The van der Waals surface area contributed by atoms with Crippen LogP contribution in [-0.4, -0.2) is 18.8 Å².